The molecule has 0 atom stereocenters. The lowest BCUT2D eigenvalue weighted by molar-refractivity contribution is -0.140. The third-order valence-electron chi connectivity index (χ3n) is 6.33. The van der Waals surface area contributed by atoms with Gasteiger partial charge >= 0.3 is 5.97 Å². The van der Waals surface area contributed by atoms with E-state index < -0.39 is 5.97 Å². The fraction of sp³-hybridized carbons (Fsp3) is 0.632. The molecule has 4 bridgehead atoms. The van der Waals surface area contributed by atoms with Gasteiger partial charge in [0.25, 0.3) is 0 Å². The van der Waals surface area contributed by atoms with Crippen molar-refractivity contribution in [2.75, 3.05) is 12.4 Å². The molecule has 0 spiro atoms. The second-order valence-corrected chi connectivity index (χ2v) is 7.99. The number of aryl methyl sites for hydroxylation is 1. The van der Waals surface area contributed by atoms with E-state index in [2.05, 4.69) is 5.32 Å². The average molecular weight is 342 g/mol. The van der Waals surface area contributed by atoms with E-state index in [1.54, 1.807) is 6.92 Å². The summed E-state index contributed by atoms with van der Waals surface area (Å²) in [5.74, 6) is 1.61. The summed E-state index contributed by atoms with van der Waals surface area (Å²) in [6.07, 6.45) is 6.54. The Labute approximate surface area is 146 Å². The molecule has 0 saturated heterocycles. The molecule has 4 aliphatic carbocycles. The Hall–Kier alpha value is -2.29. The number of nitrogens with one attached hydrogen (secondary N) is 1. The summed E-state index contributed by atoms with van der Waals surface area (Å²) in [5, 5.41) is 12.3. The first-order chi connectivity index (χ1) is 12.0. The van der Waals surface area contributed by atoms with Crippen LogP contribution in [0.4, 0.5) is 5.88 Å². The Balaban J connectivity index is 1.62. The van der Waals surface area contributed by atoms with Gasteiger partial charge in [0.1, 0.15) is 23.0 Å². The number of anilines is 1. The van der Waals surface area contributed by atoms with E-state index in [-0.39, 0.29) is 34.1 Å². The molecule has 4 aliphatic rings. The molecule has 0 radical (unpaired) electrons. The summed E-state index contributed by atoms with van der Waals surface area (Å²) in [6.45, 7) is 1.59. The van der Waals surface area contributed by atoms with E-state index in [1.165, 1.54) is 26.4 Å². The SMILES string of the molecule is COC(=O)c1c(C)oc(NC(=O)C23CC4CC(CC(C4)C2)C3)c1C#N. The van der Waals surface area contributed by atoms with Crippen LogP contribution in [0.25, 0.3) is 0 Å². The molecule has 6 heteroatoms. The van der Waals surface area contributed by atoms with Crippen molar-refractivity contribution in [1.82, 2.24) is 0 Å². The minimum absolute atomic E-state index is 0.0439. The minimum atomic E-state index is -0.631. The van der Waals surface area contributed by atoms with Gasteiger partial charge < -0.3 is 9.15 Å². The van der Waals surface area contributed by atoms with E-state index in [0.717, 1.165) is 19.3 Å². The van der Waals surface area contributed by atoms with Crippen molar-refractivity contribution in [3.05, 3.63) is 16.9 Å². The van der Waals surface area contributed by atoms with E-state index >= 15 is 0 Å². The lowest BCUT2D eigenvalue weighted by Crippen LogP contribution is -2.51. The Kier molecular flexibility index (Phi) is 3.64. The number of methoxy groups -OCH3 is 1. The maximum absolute atomic E-state index is 13.1. The molecule has 0 aromatic carbocycles. The van der Waals surface area contributed by atoms with Gasteiger partial charge in [-0.25, -0.2) is 4.79 Å². The van der Waals surface area contributed by atoms with Crippen molar-refractivity contribution in [2.45, 2.75) is 45.4 Å². The van der Waals surface area contributed by atoms with Crippen LogP contribution in [0.2, 0.25) is 0 Å². The smallest absolute Gasteiger partial charge is 0.342 e. The number of carbonyl (C=O) groups excluding carboxylic acids is 2. The Morgan fingerprint density at radius 2 is 1.76 bits per heavy atom. The van der Waals surface area contributed by atoms with E-state index in [1.807, 2.05) is 6.07 Å². The average Bonchev–Trinajstić information content (AvgIpc) is 2.88. The standard InChI is InChI=1S/C19H22N2O4/c1-10-15(17(22)24-2)14(9-20)16(25-10)21-18(23)19-6-11-3-12(7-19)5-13(4-11)8-19/h11-13H,3-8H2,1-2H3,(H,21,23). The molecule has 1 amide bonds. The predicted octanol–water partition coefficient (Wildman–Crippen LogP) is 3.40. The predicted molar refractivity (Wildman–Crippen MR) is 88.7 cm³/mol. The molecule has 1 aromatic rings. The van der Waals surface area contributed by atoms with E-state index in [9.17, 15) is 14.9 Å². The third kappa shape index (κ3) is 2.45. The summed E-state index contributed by atoms with van der Waals surface area (Å²) in [7, 11) is 1.25. The van der Waals surface area contributed by atoms with Crippen LogP contribution in [0, 0.1) is 41.4 Å². The van der Waals surface area contributed by atoms with Crippen LogP contribution in [-0.2, 0) is 9.53 Å². The van der Waals surface area contributed by atoms with Gasteiger partial charge in [-0.2, -0.15) is 5.26 Å². The normalized spacial score (nSPS) is 32.3. The molecule has 0 unspecified atom stereocenters. The second kappa shape index (κ2) is 5.62. The Morgan fingerprint density at radius 3 is 2.24 bits per heavy atom. The highest BCUT2D eigenvalue weighted by molar-refractivity contribution is 6.00. The highest BCUT2D eigenvalue weighted by Crippen LogP contribution is 2.60. The molecule has 1 heterocycles. The number of esters is 1. The molecule has 6 nitrogen and oxygen atoms in total. The van der Waals surface area contributed by atoms with Crippen LogP contribution >= 0.6 is 0 Å². The second-order valence-electron chi connectivity index (χ2n) is 7.99. The lowest BCUT2D eigenvalue weighted by Gasteiger charge is -2.55. The zero-order valence-corrected chi connectivity index (χ0v) is 14.6. The zero-order chi connectivity index (χ0) is 17.8. The number of nitrogens with zero attached hydrogens (tertiary/aromatic N) is 1. The third-order valence-corrected chi connectivity index (χ3v) is 6.33. The first-order valence-corrected chi connectivity index (χ1v) is 8.89. The Morgan fingerprint density at radius 1 is 1.20 bits per heavy atom. The quantitative estimate of drug-likeness (QED) is 0.850. The summed E-state index contributed by atoms with van der Waals surface area (Å²) < 4.78 is 10.3. The maximum Gasteiger partial charge on any atom is 0.342 e. The molecule has 0 aliphatic heterocycles. The fourth-order valence-corrected chi connectivity index (χ4v) is 5.71. The molecule has 4 saturated carbocycles. The summed E-state index contributed by atoms with van der Waals surface area (Å²) >= 11 is 0. The van der Waals surface area contributed by atoms with Gasteiger partial charge in [-0.15, -0.1) is 0 Å². The number of hydrogen-bond acceptors (Lipinski definition) is 5. The van der Waals surface area contributed by atoms with Gasteiger partial charge in [0, 0.05) is 0 Å². The molecule has 1 N–H and O–H groups in total. The number of rotatable bonds is 3. The van der Waals surface area contributed by atoms with Gasteiger partial charge in [0.05, 0.1) is 12.5 Å². The Bertz CT molecular complexity index is 751. The van der Waals surface area contributed by atoms with Crippen molar-refractivity contribution in [2.24, 2.45) is 23.2 Å². The van der Waals surface area contributed by atoms with E-state index in [4.69, 9.17) is 9.15 Å². The molecular weight excluding hydrogens is 320 g/mol. The van der Waals surface area contributed by atoms with Crippen LogP contribution in [0.3, 0.4) is 0 Å². The topological polar surface area (TPSA) is 92.3 Å². The highest BCUT2D eigenvalue weighted by Gasteiger charge is 2.54. The summed E-state index contributed by atoms with van der Waals surface area (Å²) in [4.78, 5) is 25.0. The van der Waals surface area contributed by atoms with Crippen molar-refractivity contribution in [3.63, 3.8) is 0 Å². The van der Waals surface area contributed by atoms with Crippen LogP contribution in [0.1, 0.15) is 60.2 Å². The first kappa shape index (κ1) is 16.2. The summed E-state index contributed by atoms with van der Waals surface area (Å²) in [6, 6.07) is 1.97. The monoisotopic (exact) mass is 342 g/mol. The lowest BCUT2D eigenvalue weighted by atomic mass is 9.49. The van der Waals surface area contributed by atoms with E-state index in [0.29, 0.717) is 17.8 Å². The number of ether oxygens (including phenoxy) is 1. The summed E-state index contributed by atoms with van der Waals surface area (Å²) in [5.41, 5.74) is -0.207. The number of carbonyl (C=O) groups is 2. The highest BCUT2D eigenvalue weighted by atomic mass is 16.5. The van der Waals surface area contributed by atoms with Crippen LogP contribution in [-0.4, -0.2) is 19.0 Å². The zero-order valence-electron chi connectivity index (χ0n) is 14.6. The van der Waals surface area contributed by atoms with Crippen molar-refractivity contribution in [3.8, 4) is 6.07 Å². The van der Waals surface area contributed by atoms with Gasteiger partial charge in [0.2, 0.25) is 11.8 Å². The van der Waals surface area contributed by atoms with Crippen LogP contribution in [0.5, 0.6) is 0 Å². The molecule has 132 valence electrons. The number of hydrogen-bond donors (Lipinski definition) is 1. The van der Waals surface area contributed by atoms with Crippen molar-refractivity contribution >= 4 is 17.8 Å². The van der Waals surface area contributed by atoms with Gasteiger partial charge in [-0.1, -0.05) is 0 Å². The molecular formula is C19H22N2O4. The van der Waals surface area contributed by atoms with Crippen LogP contribution in [0.15, 0.2) is 4.42 Å². The minimum Gasteiger partial charge on any atom is -0.465 e. The van der Waals surface area contributed by atoms with Crippen LogP contribution < -0.4 is 5.32 Å². The first-order valence-electron chi connectivity index (χ1n) is 8.89. The number of nitriles is 1. The molecule has 5 rings (SSSR count). The molecule has 4 fully saturated rings. The van der Waals surface area contributed by atoms with Gasteiger partial charge in [0.15, 0.2) is 0 Å². The van der Waals surface area contributed by atoms with Crippen molar-refractivity contribution in [1.29, 1.82) is 5.26 Å². The number of amides is 1. The molecule has 1 aromatic heterocycles. The van der Waals surface area contributed by atoms with Crippen molar-refractivity contribution < 1.29 is 18.7 Å². The fourth-order valence-electron chi connectivity index (χ4n) is 5.71. The van der Waals surface area contributed by atoms with Gasteiger partial charge in [-0.05, 0) is 63.2 Å². The van der Waals surface area contributed by atoms with Gasteiger partial charge in [-0.3, -0.25) is 10.1 Å². The number of furan rings is 1. The molecule has 25 heavy (non-hydrogen) atoms. The maximum atomic E-state index is 13.1. The largest absolute Gasteiger partial charge is 0.465 e.